The van der Waals surface area contributed by atoms with E-state index in [9.17, 15) is 19.5 Å². The fourth-order valence-electron chi connectivity index (χ4n) is 6.55. The predicted octanol–water partition coefficient (Wildman–Crippen LogP) is 3.25. The van der Waals surface area contributed by atoms with Crippen LogP contribution in [0.15, 0.2) is 48.6 Å². The highest BCUT2D eigenvalue weighted by molar-refractivity contribution is 8.02. The molecule has 0 aliphatic carbocycles. The summed E-state index contributed by atoms with van der Waals surface area (Å²) in [5, 5.41) is 9.05. The molecule has 0 bridgehead atoms. The monoisotopic (exact) mass is 553 g/mol. The smallest absolute Gasteiger partial charge is 0.247 e. The van der Waals surface area contributed by atoms with Gasteiger partial charge in [0.05, 0.1) is 23.2 Å². The van der Waals surface area contributed by atoms with Crippen LogP contribution in [-0.4, -0.2) is 87.6 Å². The number of likely N-dealkylation sites (tertiary alicyclic amines) is 1. The lowest BCUT2D eigenvalue weighted by atomic mass is 9.78. The molecule has 1 aromatic carbocycles. The largest absolute Gasteiger partial charge is 0.494 e. The lowest BCUT2D eigenvalue weighted by Gasteiger charge is -2.36. The van der Waals surface area contributed by atoms with Gasteiger partial charge in [0.2, 0.25) is 17.7 Å². The summed E-state index contributed by atoms with van der Waals surface area (Å²) in [4.78, 5) is 48.0. The van der Waals surface area contributed by atoms with Crippen LogP contribution in [0.4, 0.5) is 5.69 Å². The van der Waals surface area contributed by atoms with Crippen molar-refractivity contribution in [3.63, 3.8) is 0 Å². The van der Waals surface area contributed by atoms with Crippen molar-refractivity contribution in [2.45, 2.75) is 62.1 Å². The highest BCUT2D eigenvalue weighted by atomic mass is 32.2. The average Bonchev–Trinajstić information content (AvgIpc) is 3.22. The second-order valence-electron chi connectivity index (χ2n) is 10.9. The van der Waals surface area contributed by atoms with E-state index in [0.29, 0.717) is 39.1 Å². The Kier molecular flexibility index (Phi) is 8.10. The average molecular weight is 554 g/mol. The standard InChI is InChI=1S/C30H39N3O5S/c1-4-38-22-13-11-21(12-14-22)32-17-8-10-23-24(27(32)35)25-28(36)33(16-6-5-7-19-34)26-29(37)31(20(2)3)18-9-15-30(25,26)39-23/h8-15,20,23-26,34H,4-7,16-19H2,1-3H3/t23-,24+,25-,26?,30-/m0/s1. The van der Waals surface area contributed by atoms with Gasteiger partial charge in [0.25, 0.3) is 0 Å². The highest BCUT2D eigenvalue weighted by Crippen LogP contribution is 2.61. The lowest BCUT2D eigenvalue weighted by Crippen LogP contribution is -2.54. The maximum absolute atomic E-state index is 14.3. The van der Waals surface area contributed by atoms with Gasteiger partial charge in [-0.1, -0.05) is 24.3 Å². The molecule has 9 heteroatoms. The van der Waals surface area contributed by atoms with Crippen LogP contribution in [-0.2, 0) is 14.4 Å². The number of anilines is 1. The summed E-state index contributed by atoms with van der Waals surface area (Å²) >= 11 is 1.61. The Balaban J connectivity index is 1.52. The molecule has 4 aliphatic heterocycles. The number of rotatable bonds is 9. The summed E-state index contributed by atoms with van der Waals surface area (Å²) in [6, 6.07) is 6.84. The number of hydrogen-bond acceptors (Lipinski definition) is 6. The Hall–Kier alpha value is -2.78. The van der Waals surface area contributed by atoms with Gasteiger partial charge in [-0.15, -0.1) is 11.8 Å². The molecule has 5 rings (SSSR count). The first-order valence-corrected chi connectivity index (χ1v) is 15.0. The van der Waals surface area contributed by atoms with Crippen molar-refractivity contribution in [3.05, 3.63) is 48.6 Å². The van der Waals surface area contributed by atoms with Crippen LogP contribution >= 0.6 is 11.8 Å². The molecule has 0 aromatic heterocycles. The number of amides is 3. The van der Waals surface area contributed by atoms with Gasteiger partial charge in [0, 0.05) is 43.2 Å². The normalized spacial score (nSPS) is 30.0. The Morgan fingerprint density at radius 2 is 1.79 bits per heavy atom. The molecule has 1 aromatic rings. The highest BCUT2D eigenvalue weighted by Gasteiger charge is 2.71. The molecular weight excluding hydrogens is 514 g/mol. The molecule has 0 saturated carbocycles. The van der Waals surface area contributed by atoms with Crippen molar-refractivity contribution in [2.75, 3.05) is 37.7 Å². The molecular formula is C30H39N3O5S. The molecule has 0 radical (unpaired) electrons. The van der Waals surface area contributed by atoms with Gasteiger partial charge in [0.15, 0.2) is 0 Å². The van der Waals surface area contributed by atoms with Crippen LogP contribution in [0.2, 0.25) is 0 Å². The van der Waals surface area contributed by atoms with E-state index in [-0.39, 0.29) is 35.6 Å². The van der Waals surface area contributed by atoms with E-state index >= 15 is 0 Å². The number of hydrogen-bond donors (Lipinski definition) is 1. The minimum Gasteiger partial charge on any atom is -0.494 e. The minimum absolute atomic E-state index is 0.00347. The number of nitrogens with zero attached hydrogens (tertiary/aromatic N) is 3. The van der Waals surface area contributed by atoms with Crippen molar-refractivity contribution in [2.24, 2.45) is 11.8 Å². The molecule has 1 spiro atoms. The number of aliphatic hydroxyl groups is 1. The number of carbonyl (C=O) groups excluding carboxylic acids is 3. The Bertz CT molecular complexity index is 1150. The molecule has 39 heavy (non-hydrogen) atoms. The van der Waals surface area contributed by atoms with Gasteiger partial charge in [0.1, 0.15) is 11.8 Å². The lowest BCUT2D eigenvalue weighted by molar-refractivity contribution is -0.143. The molecule has 8 nitrogen and oxygen atoms in total. The third-order valence-electron chi connectivity index (χ3n) is 8.33. The van der Waals surface area contributed by atoms with Crippen molar-refractivity contribution in [1.29, 1.82) is 0 Å². The van der Waals surface area contributed by atoms with E-state index in [1.54, 1.807) is 21.6 Å². The van der Waals surface area contributed by atoms with E-state index in [4.69, 9.17) is 4.74 Å². The number of thioether (sulfide) groups is 1. The second kappa shape index (κ2) is 11.4. The fraction of sp³-hybridized carbons (Fsp3) is 0.567. The van der Waals surface area contributed by atoms with E-state index < -0.39 is 22.6 Å². The first-order valence-electron chi connectivity index (χ1n) is 14.1. The summed E-state index contributed by atoms with van der Waals surface area (Å²) in [5.41, 5.74) is 0.765. The van der Waals surface area contributed by atoms with E-state index in [2.05, 4.69) is 12.2 Å². The van der Waals surface area contributed by atoms with E-state index in [1.165, 1.54) is 0 Å². The molecule has 2 saturated heterocycles. The van der Waals surface area contributed by atoms with Gasteiger partial charge in [-0.25, -0.2) is 0 Å². The van der Waals surface area contributed by atoms with E-state index in [0.717, 1.165) is 17.9 Å². The molecule has 1 unspecified atom stereocenters. The van der Waals surface area contributed by atoms with Crippen LogP contribution in [0.25, 0.3) is 0 Å². The van der Waals surface area contributed by atoms with Gasteiger partial charge >= 0.3 is 0 Å². The number of aliphatic hydroxyl groups excluding tert-OH is 1. The Morgan fingerprint density at radius 3 is 2.49 bits per heavy atom. The zero-order valence-electron chi connectivity index (χ0n) is 23.0. The molecule has 3 amide bonds. The SMILES string of the molecule is CCOc1ccc(N2CC=C[C@@H]3S[C@]45C=CCN(C(C)C)C(=O)C4N(CCCCCO)C(=O)[C@@H]5[C@@H]3C2=O)cc1. The van der Waals surface area contributed by atoms with Gasteiger partial charge in [-0.05, 0) is 64.3 Å². The summed E-state index contributed by atoms with van der Waals surface area (Å²) in [6.45, 7) is 7.96. The minimum atomic E-state index is -0.800. The van der Waals surface area contributed by atoms with Crippen molar-refractivity contribution in [3.8, 4) is 5.75 Å². The third kappa shape index (κ3) is 4.78. The van der Waals surface area contributed by atoms with Crippen LogP contribution < -0.4 is 9.64 Å². The molecule has 4 aliphatic rings. The first-order chi connectivity index (χ1) is 18.8. The van der Waals surface area contributed by atoms with Gasteiger partial charge in [-0.3, -0.25) is 14.4 Å². The van der Waals surface area contributed by atoms with Gasteiger partial charge in [-0.2, -0.15) is 0 Å². The molecule has 5 atom stereocenters. The maximum atomic E-state index is 14.3. The number of fused-ring (bicyclic) bond motifs is 2. The van der Waals surface area contributed by atoms with Crippen LogP contribution in [0, 0.1) is 11.8 Å². The zero-order valence-corrected chi connectivity index (χ0v) is 23.8. The summed E-state index contributed by atoms with van der Waals surface area (Å²) < 4.78 is 4.78. The molecule has 4 heterocycles. The van der Waals surface area contributed by atoms with Crippen molar-refractivity contribution >= 4 is 35.2 Å². The van der Waals surface area contributed by atoms with Crippen LogP contribution in [0.1, 0.15) is 40.0 Å². The number of carbonyl (C=O) groups is 3. The Labute approximate surface area is 235 Å². The fourth-order valence-corrected chi connectivity index (χ4v) is 8.56. The van der Waals surface area contributed by atoms with Gasteiger partial charge < -0.3 is 24.5 Å². The van der Waals surface area contributed by atoms with Crippen molar-refractivity contribution in [1.82, 2.24) is 9.80 Å². The summed E-state index contributed by atoms with van der Waals surface area (Å²) in [6.07, 6.45) is 10.3. The topological polar surface area (TPSA) is 90.4 Å². The van der Waals surface area contributed by atoms with Crippen LogP contribution in [0.3, 0.4) is 0 Å². The Morgan fingerprint density at radius 1 is 1.03 bits per heavy atom. The predicted molar refractivity (Wildman–Crippen MR) is 153 cm³/mol. The molecule has 2 fully saturated rings. The third-order valence-corrected chi connectivity index (χ3v) is 10.1. The number of unbranched alkanes of at least 4 members (excludes halogenated alkanes) is 2. The number of ether oxygens (including phenoxy) is 1. The molecule has 1 N–H and O–H groups in total. The summed E-state index contributed by atoms with van der Waals surface area (Å²) in [5.74, 6) is -0.679. The quantitative estimate of drug-likeness (QED) is 0.373. The van der Waals surface area contributed by atoms with E-state index in [1.807, 2.05) is 62.1 Å². The molecule has 210 valence electrons. The zero-order chi connectivity index (χ0) is 27.7. The second-order valence-corrected chi connectivity index (χ2v) is 12.4. The first kappa shape index (κ1) is 27.8. The van der Waals surface area contributed by atoms with Crippen molar-refractivity contribution < 1.29 is 24.2 Å². The number of benzene rings is 1. The summed E-state index contributed by atoms with van der Waals surface area (Å²) in [7, 11) is 0. The maximum Gasteiger partial charge on any atom is 0.247 e. The van der Waals surface area contributed by atoms with Crippen LogP contribution in [0.5, 0.6) is 5.75 Å².